The van der Waals surface area contributed by atoms with Gasteiger partial charge in [-0.2, -0.15) is 0 Å². The van der Waals surface area contributed by atoms with Crippen LogP contribution in [-0.4, -0.2) is 26.4 Å². The van der Waals surface area contributed by atoms with Gasteiger partial charge in [-0.25, -0.2) is 4.79 Å². The molecule has 5 heteroatoms. The van der Waals surface area contributed by atoms with E-state index in [-0.39, 0.29) is 17.0 Å². The summed E-state index contributed by atoms with van der Waals surface area (Å²) in [4.78, 5) is 28.7. The minimum absolute atomic E-state index is 0.0226. The zero-order valence-electron chi connectivity index (χ0n) is 14.5. The molecular formula is C20H20N2O3. The number of carboxylic acids is 1. The summed E-state index contributed by atoms with van der Waals surface area (Å²) in [6.07, 6.45) is 1.45. The quantitative estimate of drug-likeness (QED) is 0.717. The molecule has 0 saturated carbocycles. The number of para-hydroxylation sites is 1. The van der Waals surface area contributed by atoms with Crippen molar-refractivity contribution in [3.05, 3.63) is 65.1 Å². The zero-order chi connectivity index (χ0) is 18.1. The molecule has 0 aliphatic carbocycles. The van der Waals surface area contributed by atoms with Crippen molar-refractivity contribution in [2.75, 3.05) is 0 Å². The van der Waals surface area contributed by atoms with Crippen LogP contribution in [0.1, 0.15) is 46.0 Å². The SMILES string of the molecule is Cc1c(C(=O)c2ncccc2C(=O)O)c2ccccc2n1CC(C)C. The van der Waals surface area contributed by atoms with Crippen LogP contribution < -0.4 is 0 Å². The summed E-state index contributed by atoms with van der Waals surface area (Å²) in [6.45, 7) is 6.93. The number of aromatic carboxylic acids is 1. The largest absolute Gasteiger partial charge is 0.478 e. The minimum Gasteiger partial charge on any atom is -0.478 e. The van der Waals surface area contributed by atoms with Crippen LogP contribution in [0.4, 0.5) is 0 Å². The van der Waals surface area contributed by atoms with Crippen molar-refractivity contribution >= 4 is 22.7 Å². The highest BCUT2D eigenvalue weighted by Crippen LogP contribution is 2.29. The lowest BCUT2D eigenvalue weighted by Gasteiger charge is -2.11. The average Bonchev–Trinajstić information content (AvgIpc) is 2.86. The summed E-state index contributed by atoms with van der Waals surface area (Å²) in [5, 5.41) is 10.2. The predicted octanol–water partition coefficient (Wildman–Crippen LogP) is 3.93. The number of aromatic nitrogens is 2. The van der Waals surface area contributed by atoms with Crippen molar-refractivity contribution < 1.29 is 14.7 Å². The van der Waals surface area contributed by atoms with Gasteiger partial charge in [0.2, 0.25) is 5.78 Å². The van der Waals surface area contributed by atoms with Gasteiger partial charge in [0, 0.05) is 29.3 Å². The highest BCUT2D eigenvalue weighted by molar-refractivity contribution is 6.19. The lowest BCUT2D eigenvalue weighted by Crippen LogP contribution is -2.13. The first-order valence-corrected chi connectivity index (χ1v) is 8.22. The van der Waals surface area contributed by atoms with Gasteiger partial charge in [0.05, 0.1) is 11.1 Å². The van der Waals surface area contributed by atoms with Crippen molar-refractivity contribution in [3.63, 3.8) is 0 Å². The fourth-order valence-electron chi connectivity index (χ4n) is 3.20. The molecule has 0 unspecified atom stereocenters. The van der Waals surface area contributed by atoms with E-state index in [2.05, 4.69) is 23.4 Å². The van der Waals surface area contributed by atoms with Crippen LogP contribution in [0.25, 0.3) is 10.9 Å². The van der Waals surface area contributed by atoms with Crippen LogP contribution in [0, 0.1) is 12.8 Å². The van der Waals surface area contributed by atoms with E-state index in [0.717, 1.165) is 23.1 Å². The number of rotatable bonds is 5. The minimum atomic E-state index is -1.15. The molecule has 0 aliphatic heterocycles. The molecule has 2 heterocycles. The Labute approximate surface area is 145 Å². The van der Waals surface area contributed by atoms with Crippen molar-refractivity contribution in [3.8, 4) is 0 Å². The molecule has 1 N–H and O–H groups in total. The highest BCUT2D eigenvalue weighted by atomic mass is 16.4. The van der Waals surface area contributed by atoms with E-state index in [1.807, 2.05) is 31.2 Å². The summed E-state index contributed by atoms with van der Waals surface area (Å²) in [7, 11) is 0. The van der Waals surface area contributed by atoms with Crippen molar-refractivity contribution in [1.29, 1.82) is 0 Å². The van der Waals surface area contributed by atoms with Crippen LogP contribution in [0.15, 0.2) is 42.6 Å². The fourth-order valence-corrected chi connectivity index (χ4v) is 3.20. The lowest BCUT2D eigenvalue weighted by molar-refractivity contribution is 0.0692. The Morgan fingerprint density at radius 3 is 2.56 bits per heavy atom. The van der Waals surface area contributed by atoms with Crippen molar-refractivity contribution in [2.45, 2.75) is 27.3 Å². The number of fused-ring (bicyclic) bond motifs is 1. The van der Waals surface area contributed by atoms with Crippen LogP contribution in [0.3, 0.4) is 0 Å². The van der Waals surface area contributed by atoms with E-state index in [0.29, 0.717) is 11.5 Å². The number of hydrogen-bond donors (Lipinski definition) is 1. The highest BCUT2D eigenvalue weighted by Gasteiger charge is 2.25. The van der Waals surface area contributed by atoms with Crippen molar-refractivity contribution in [2.24, 2.45) is 5.92 Å². The third-order valence-electron chi connectivity index (χ3n) is 4.26. The molecule has 0 amide bonds. The standard InChI is InChI=1S/C20H20N2O3/c1-12(2)11-22-13(3)17(14-7-4-5-9-16(14)22)19(23)18-15(20(24)25)8-6-10-21-18/h4-10,12H,11H2,1-3H3,(H,24,25). The summed E-state index contributed by atoms with van der Waals surface area (Å²) >= 11 is 0. The third-order valence-corrected chi connectivity index (χ3v) is 4.26. The maximum atomic E-state index is 13.2. The molecule has 25 heavy (non-hydrogen) atoms. The van der Waals surface area contributed by atoms with Gasteiger partial charge in [0.1, 0.15) is 5.69 Å². The molecule has 0 spiro atoms. The van der Waals surface area contributed by atoms with E-state index in [4.69, 9.17) is 0 Å². The second kappa shape index (κ2) is 6.51. The van der Waals surface area contributed by atoms with E-state index >= 15 is 0 Å². The average molecular weight is 336 g/mol. The first kappa shape index (κ1) is 16.9. The Hall–Kier alpha value is -2.95. The van der Waals surface area contributed by atoms with Crippen LogP contribution in [-0.2, 0) is 6.54 Å². The number of carbonyl (C=O) groups is 2. The number of carbonyl (C=O) groups excluding carboxylic acids is 1. The van der Waals surface area contributed by atoms with E-state index in [9.17, 15) is 14.7 Å². The first-order valence-electron chi connectivity index (χ1n) is 8.22. The van der Waals surface area contributed by atoms with Crippen LogP contribution in [0.5, 0.6) is 0 Å². The second-order valence-electron chi connectivity index (χ2n) is 6.52. The molecule has 1 aromatic carbocycles. The van der Waals surface area contributed by atoms with Gasteiger partial charge < -0.3 is 9.67 Å². The smallest absolute Gasteiger partial charge is 0.338 e. The molecule has 0 radical (unpaired) electrons. The molecule has 2 aromatic heterocycles. The van der Waals surface area contributed by atoms with Crippen LogP contribution in [0.2, 0.25) is 0 Å². The van der Waals surface area contributed by atoms with Crippen LogP contribution >= 0.6 is 0 Å². The molecule has 5 nitrogen and oxygen atoms in total. The molecule has 0 fully saturated rings. The topological polar surface area (TPSA) is 72.2 Å². The summed E-state index contributed by atoms with van der Waals surface area (Å²) < 4.78 is 2.12. The summed E-state index contributed by atoms with van der Waals surface area (Å²) in [6, 6.07) is 10.6. The van der Waals surface area contributed by atoms with Gasteiger partial charge in [-0.05, 0) is 31.0 Å². The van der Waals surface area contributed by atoms with Gasteiger partial charge in [0.25, 0.3) is 0 Å². The predicted molar refractivity (Wildman–Crippen MR) is 96.1 cm³/mol. The number of nitrogens with zero attached hydrogens (tertiary/aromatic N) is 2. The Bertz CT molecular complexity index is 970. The third kappa shape index (κ3) is 2.93. The Morgan fingerprint density at radius 2 is 1.88 bits per heavy atom. The molecule has 0 bridgehead atoms. The monoisotopic (exact) mass is 336 g/mol. The maximum absolute atomic E-state index is 13.2. The van der Waals surface area contributed by atoms with Gasteiger partial charge in [-0.15, -0.1) is 0 Å². The second-order valence-corrected chi connectivity index (χ2v) is 6.52. The first-order chi connectivity index (χ1) is 11.9. The van der Waals surface area contributed by atoms with E-state index in [1.165, 1.54) is 18.3 Å². The number of ketones is 1. The van der Waals surface area contributed by atoms with Gasteiger partial charge >= 0.3 is 5.97 Å². The number of hydrogen-bond acceptors (Lipinski definition) is 3. The Balaban J connectivity index is 2.25. The molecular weight excluding hydrogens is 316 g/mol. The molecule has 0 saturated heterocycles. The molecule has 0 atom stereocenters. The number of pyridine rings is 1. The normalized spacial score (nSPS) is 11.2. The molecule has 0 aliphatic rings. The van der Waals surface area contributed by atoms with Crippen molar-refractivity contribution in [1.82, 2.24) is 9.55 Å². The van der Waals surface area contributed by atoms with Gasteiger partial charge in [0.15, 0.2) is 0 Å². The number of benzene rings is 1. The fraction of sp³-hybridized carbons (Fsp3) is 0.250. The Morgan fingerprint density at radius 1 is 1.16 bits per heavy atom. The zero-order valence-corrected chi connectivity index (χ0v) is 14.5. The molecule has 3 rings (SSSR count). The Kier molecular flexibility index (Phi) is 4.40. The summed E-state index contributed by atoms with van der Waals surface area (Å²) in [5.41, 5.74) is 2.24. The number of carboxylic acid groups (broad SMARTS) is 1. The molecule has 128 valence electrons. The summed E-state index contributed by atoms with van der Waals surface area (Å²) in [5.74, 6) is -1.09. The van der Waals surface area contributed by atoms with E-state index in [1.54, 1.807) is 0 Å². The van der Waals surface area contributed by atoms with E-state index < -0.39 is 5.97 Å². The van der Waals surface area contributed by atoms with Gasteiger partial charge in [-0.3, -0.25) is 9.78 Å². The lowest BCUT2D eigenvalue weighted by atomic mass is 10.0. The maximum Gasteiger partial charge on any atom is 0.338 e. The van der Waals surface area contributed by atoms with Gasteiger partial charge in [-0.1, -0.05) is 32.0 Å². The molecule has 3 aromatic rings.